The largest absolute Gasteiger partial charge is 0.491 e. The van der Waals surface area contributed by atoms with Crippen molar-refractivity contribution in [3.63, 3.8) is 0 Å². The van der Waals surface area contributed by atoms with Gasteiger partial charge < -0.3 is 14.2 Å². The van der Waals surface area contributed by atoms with E-state index in [1.54, 1.807) is 36.4 Å². The summed E-state index contributed by atoms with van der Waals surface area (Å²) in [4.78, 5) is 33.4. The summed E-state index contributed by atoms with van der Waals surface area (Å²) in [6, 6.07) is 18.0. The van der Waals surface area contributed by atoms with Gasteiger partial charge in [0.15, 0.2) is 17.2 Å². The SMILES string of the molecule is CCCCCCCCCCOc1c(C#Cc2ccc([N+](=O)[O-])cc2)c(OCCCCCCCCCC)c(C#Cc2ccc([N+](=O)[O-])cc2)c(OCCCCCCCCCC)c1C#Cc1ccc([N+](=O)[O-])cc1. The van der Waals surface area contributed by atoms with Crippen LogP contribution in [-0.4, -0.2) is 34.6 Å². The summed E-state index contributed by atoms with van der Waals surface area (Å²) in [5.41, 5.74) is 2.54. The molecule has 0 spiro atoms. The number of nitro benzene ring substituents is 3. The summed E-state index contributed by atoms with van der Waals surface area (Å²) in [5, 5.41) is 34.7. The minimum atomic E-state index is -0.455. The second-order valence-corrected chi connectivity index (χ2v) is 18.2. The first kappa shape index (κ1) is 57.7. The Balaban J connectivity index is 1.97. The van der Waals surface area contributed by atoms with Gasteiger partial charge in [0, 0.05) is 53.1 Å². The van der Waals surface area contributed by atoms with E-state index in [0.29, 0.717) is 70.4 Å². The standard InChI is InChI=1S/C60H75N3O9/c1-4-7-10-13-16-19-22-25-46-70-58-55(43-34-49-28-37-52(38-29-49)61(64)65)59(71-47-26-23-20-17-14-11-8-5-2)57(45-36-51-32-41-54(42-33-51)63(68)69)60(72-48-27-24-21-18-15-12-9-6-3)56(58)44-35-50-30-39-53(40-31-50)62(66)67/h28-33,37-42H,4-27,46-48H2,1-3H3. The highest BCUT2D eigenvalue weighted by Gasteiger charge is 2.27. The van der Waals surface area contributed by atoms with Gasteiger partial charge in [0.2, 0.25) is 0 Å². The van der Waals surface area contributed by atoms with Crippen molar-refractivity contribution in [2.45, 2.75) is 175 Å². The van der Waals surface area contributed by atoms with Crippen molar-refractivity contribution in [3.8, 4) is 52.8 Å². The number of hydrogen-bond donors (Lipinski definition) is 0. The number of unbranched alkanes of at least 4 members (excludes halogenated alkanes) is 21. The van der Waals surface area contributed by atoms with Crippen LogP contribution in [0.1, 0.15) is 208 Å². The molecule has 0 aromatic heterocycles. The zero-order chi connectivity index (χ0) is 51.6. The van der Waals surface area contributed by atoms with Gasteiger partial charge in [0.05, 0.1) is 34.6 Å². The number of nitrogens with zero attached hydrogens (tertiary/aromatic N) is 3. The third-order valence-electron chi connectivity index (χ3n) is 12.3. The summed E-state index contributed by atoms with van der Waals surface area (Å²) in [6.45, 7) is 7.67. The molecule has 0 heterocycles. The Labute approximate surface area is 428 Å². The summed E-state index contributed by atoms with van der Waals surface area (Å²) in [7, 11) is 0. The predicted molar refractivity (Wildman–Crippen MR) is 288 cm³/mol. The molecule has 0 amide bonds. The molecule has 0 aliphatic rings. The lowest BCUT2D eigenvalue weighted by Crippen LogP contribution is -2.11. The van der Waals surface area contributed by atoms with E-state index in [1.165, 1.54) is 113 Å². The lowest BCUT2D eigenvalue weighted by molar-refractivity contribution is -0.385. The fourth-order valence-corrected chi connectivity index (χ4v) is 8.09. The Morgan fingerprint density at radius 2 is 0.528 bits per heavy atom. The summed E-state index contributed by atoms with van der Waals surface area (Å²) < 4.78 is 20.6. The van der Waals surface area contributed by atoms with Gasteiger partial charge >= 0.3 is 0 Å². The lowest BCUT2D eigenvalue weighted by atomic mass is 9.98. The predicted octanol–water partition coefficient (Wildman–Crippen LogP) is 16.2. The van der Waals surface area contributed by atoms with E-state index in [1.807, 2.05) is 0 Å². The van der Waals surface area contributed by atoms with E-state index in [0.717, 1.165) is 77.0 Å². The molecule has 0 N–H and O–H groups in total. The first-order valence-corrected chi connectivity index (χ1v) is 26.6. The number of hydrogen-bond acceptors (Lipinski definition) is 9. The molecule has 4 rings (SSSR count). The van der Waals surface area contributed by atoms with E-state index in [-0.39, 0.29) is 17.1 Å². The van der Waals surface area contributed by atoms with Gasteiger partial charge in [-0.1, -0.05) is 191 Å². The van der Waals surface area contributed by atoms with E-state index in [4.69, 9.17) is 14.2 Å². The molecule has 12 nitrogen and oxygen atoms in total. The molecule has 0 saturated carbocycles. The average Bonchev–Trinajstić information content (AvgIpc) is 3.38. The Kier molecular flexibility index (Phi) is 27.6. The molecule has 0 fully saturated rings. The molecule has 0 bridgehead atoms. The normalized spacial score (nSPS) is 10.5. The third-order valence-corrected chi connectivity index (χ3v) is 12.3. The molecular weight excluding hydrogens is 907 g/mol. The first-order valence-electron chi connectivity index (χ1n) is 26.6. The van der Waals surface area contributed by atoms with Crippen molar-refractivity contribution in [2.24, 2.45) is 0 Å². The van der Waals surface area contributed by atoms with Gasteiger partial charge in [0.25, 0.3) is 17.1 Å². The zero-order valence-electron chi connectivity index (χ0n) is 43.0. The fourth-order valence-electron chi connectivity index (χ4n) is 8.09. The Morgan fingerprint density at radius 3 is 0.736 bits per heavy atom. The maximum Gasteiger partial charge on any atom is 0.269 e. The summed E-state index contributed by atoms with van der Waals surface area (Å²) in [5.74, 6) is 20.7. The molecule has 12 heteroatoms. The molecule has 0 unspecified atom stereocenters. The smallest absolute Gasteiger partial charge is 0.269 e. The van der Waals surface area contributed by atoms with E-state index < -0.39 is 14.8 Å². The molecule has 4 aromatic rings. The number of nitro groups is 3. The van der Waals surface area contributed by atoms with Crippen molar-refractivity contribution in [1.29, 1.82) is 0 Å². The van der Waals surface area contributed by atoms with Crippen molar-refractivity contribution >= 4 is 17.1 Å². The van der Waals surface area contributed by atoms with E-state index in [9.17, 15) is 30.3 Å². The lowest BCUT2D eigenvalue weighted by Gasteiger charge is -2.21. The highest BCUT2D eigenvalue weighted by atomic mass is 16.6. The summed E-state index contributed by atoms with van der Waals surface area (Å²) in [6.07, 6.45) is 26.4. The van der Waals surface area contributed by atoms with Crippen LogP contribution >= 0.6 is 0 Å². The second-order valence-electron chi connectivity index (χ2n) is 18.2. The van der Waals surface area contributed by atoms with Crippen LogP contribution in [0.2, 0.25) is 0 Å². The van der Waals surface area contributed by atoms with Crippen molar-refractivity contribution in [1.82, 2.24) is 0 Å². The molecular formula is C60H75N3O9. The van der Waals surface area contributed by atoms with Crippen molar-refractivity contribution < 1.29 is 29.0 Å². The fraction of sp³-hybridized carbons (Fsp3) is 0.500. The van der Waals surface area contributed by atoms with Crippen LogP contribution in [0.25, 0.3) is 0 Å². The maximum absolute atomic E-state index is 11.6. The van der Waals surface area contributed by atoms with Gasteiger partial charge in [-0.3, -0.25) is 30.3 Å². The quantitative estimate of drug-likeness (QED) is 0.0196. The molecule has 72 heavy (non-hydrogen) atoms. The Hall–Kier alpha value is -6.84. The van der Waals surface area contributed by atoms with Crippen LogP contribution in [0, 0.1) is 65.9 Å². The maximum atomic E-state index is 11.6. The highest BCUT2D eigenvalue weighted by molar-refractivity contribution is 5.76. The van der Waals surface area contributed by atoms with Crippen molar-refractivity contribution in [3.05, 3.63) is 137 Å². The van der Waals surface area contributed by atoms with Gasteiger partial charge in [0.1, 0.15) is 16.7 Å². The molecule has 0 aliphatic heterocycles. The van der Waals surface area contributed by atoms with Gasteiger partial charge in [-0.25, -0.2) is 0 Å². The van der Waals surface area contributed by atoms with Gasteiger partial charge in [-0.15, -0.1) is 0 Å². The second kappa shape index (κ2) is 34.5. The van der Waals surface area contributed by atoms with E-state index >= 15 is 0 Å². The molecule has 4 aromatic carbocycles. The van der Waals surface area contributed by atoms with Crippen LogP contribution in [-0.2, 0) is 0 Å². The highest BCUT2D eigenvalue weighted by Crippen LogP contribution is 2.44. The molecule has 0 saturated heterocycles. The number of rotatable bonds is 33. The average molecular weight is 982 g/mol. The Morgan fingerprint density at radius 1 is 0.319 bits per heavy atom. The van der Waals surface area contributed by atoms with Crippen LogP contribution < -0.4 is 14.2 Å². The van der Waals surface area contributed by atoms with Crippen LogP contribution in [0.4, 0.5) is 17.1 Å². The molecule has 384 valence electrons. The number of ether oxygens (including phenoxy) is 3. The van der Waals surface area contributed by atoms with Gasteiger partial charge in [-0.2, -0.15) is 0 Å². The monoisotopic (exact) mass is 982 g/mol. The van der Waals surface area contributed by atoms with Crippen LogP contribution in [0.3, 0.4) is 0 Å². The van der Waals surface area contributed by atoms with E-state index in [2.05, 4.69) is 56.3 Å². The number of benzene rings is 4. The first-order chi connectivity index (χ1) is 35.2. The molecule has 0 atom stereocenters. The van der Waals surface area contributed by atoms with Crippen LogP contribution in [0.5, 0.6) is 17.2 Å². The molecule has 0 radical (unpaired) electrons. The Bertz CT molecular complexity index is 2170. The topological polar surface area (TPSA) is 157 Å². The molecule has 0 aliphatic carbocycles. The minimum Gasteiger partial charge on any atom is -0.491 e. The van der Waals surface area contributed by atoms with Crippen LogP contribution in [0.15, 0.2) is 72.8 Å². The number of non-ortho nitro benzene ring substituents is 3. The summed E-state index contributed by atoms with van der Waals surface area (Å²) >= 11 is 0. The van der Waals surface area contributed by atoms with Crippen molar-refractivity contribution in [2.75, 3.05) is 19.8 Å². The zero-order valence-corrected chi connectivity index (χ0v) is 43.0. The third kappa shape index (κ3) is 21.3. The minimum absolute atomic E-state index is 0.0603. The van der Waals surface area contributed by atoms with Gasteiger partial charge in [-0.05, 0) is 55.7 Å².